The van der Waals surface area contributed by atoms with Gasteiger partial charge in [0.15, 0.2) is 23.9 Å². The van der Waals surface area contributed by atoms with Crippen LogP contribution in [-0.2, 0) is 16.1 Å². The fourth-order valence-corrected chi connectivity index (χ4v) is 2.72. The molecule has 0 radical (unpaired) electrons. The third-order valence-corrected chi connectivity index (χ3v) is 4.35. The Morgan fingerprint density at radius 3 is 2.45 bits per heavy atom. The number of furan rings is 1. The van der Waals surface area contributed by atoms with Crippen molar-refractivity contribution in [3.05, 3.63) is 71.7 Å². The molecule has 0 aliphatic heterocycles. The first-order valence-corrected chi connectivity index (χ1v) is 9.46. The smallest absolute Gasteiger partial charge is 0.343 e. The molecule has 1 heterocycles. The highest BCUT2D eigenvalue weighted by Gasteiger charge is 2.14. The standard InChI is InChI=1S/C23H23NO7/c1-15-12-16(29-14-22(25)28-3)8-10-18(15)24-23(26)21-11-9-17(31-21)13-30-20-7-5-4-6-19(20)27-2/h4-12H,13-14H2,1-3H3,(H,24,26). The van der Waals surface area contributed by atoms with Crippen LogP contribution in [0.3, 0.4) is 0 Å². The second-order valence-corrected chi connectivity index (χ2v) is 6.50. The van der Waals surface area contributed by atoms with E-state index in [1.165, 1.54) is 7.11 Å². The first-order chi connectivity index (χ1) is 15.0. The van der Waals surface area contributed by atoms with Gasteiger partial charge in [-0.25, -0.2) is 4.79 Å². The van der Waals surface area contributed by atoms with Gasteiger partial charge in [-0.05, 0) is 55.0 Å². The van der Waals surface area contributed by atoms with Crippen molar-refractivity contribution in [3.8, 4) is 17.2 Å². The Bertz CT molecular complexity index is 1060. The van der Waals surface area contributed by atoms with Gasteiger partial charge >= 0.3 is 5.97 Å². The van der Waals surface area contributed by atoms with E-state index in [9.17, 15) is 9.59 Å². The maximum atomic E-state index is 12.5. The van der Waals surface area contributed by atoms with Crippen LogP contribution in [0.25, 0.3) is 0 Å². The summed E-state index contributed by atoms with van der Waals surface area (Å²) in [5.74, 6) is 1.48. The van der Waals surface area contributed by atoms with E-state index in [0.717, 1.165) is 5.56 Å². The molecule has 0 aliphatic rings. The monoisotopic (exact) mass is 425 g/mol. The van der Waals surface area contributed by atoms with E-state index < -0.39 is 11.9 Å². The molecule has 0 saturated heterocycles. The molecule has 1 amide bonds. The van der Waals surface area contributed by atoms with Crippen molar-refractivity contribution in [2.75, 3.05) is 26.1 Å². The van der Waals surface area contributed by atoms with Gasteiger partial charge in [0.25, 0.3) is 5.91 Å². The lowest BCUT2D eigenvalue weighted by Crippen LogP contribution is -2.13. The molecule has 8 nitrogen and oxygen atoms in total. The second kappa shape index (κ2) is 10.2. The summed E-state index contributed by atoms with van der Waals surface area (Å²) >= 11 is 0. The lowest BCUT2D eigenvalue weighted by molar-refractivity contribution is -0.142. The number of rotatable bonds is 9. The summed E-state index contributed by atoms with van der Waals surface area (Å²) in [5.41, 5.74) is 1.36. The molecule has 1 N–H and O–H groups in total. The van der Waals surface area contributed by atoms with Crippen molar-refractivity contribution >= 4 is 17.6 Å². The zero-order valence-electron chi connectivity index (χ0n) is 17.5. The van der Waals surface area contributed by atoms with Crippen LogP contribution in [0.15, 0.2) is 59.0 Å². The lowest BCUT2D eigenvalue weighted by Gasteiger charge is -2.10. The highest BCUT2D eigenvalue weighted by Crippen LogP contribution is 2.27. The Labute approximate surface area is 179 Å². The van der Waals surface area contributed by atoms with Crippen LogP contribution in [0.2, 0.25) is 0 Å². The van der Waals surface area contributed by atoms with Gasteiger partial charge in [0, 0.05) is 5.69 Å². The van der Waals surface area contributed by atoms with E-state index in [0.29, 0.717) is 28.7 Å². The summed E-state index contributed by atoms with van der Waals surface area (Å²) in [5, 5.41) is 2.79. The van der Waals surface area contributed by atoms with Gasteiger partial charge in [-0.2, -0.15) is 0 Å². The first kappa shape index (κ1) is 21.8. The number of anilines is 1. The molecule has 3 aromatic rings. The number of aryl methyl sites for hydroxylation is 1. The highest BCUT2D eigenvalue weighted by molar-refractivity contribution is 6.02. The van der Waals surface area contributed by atoms with Gasteiger partial charge in [0.2, 0.25) is 0 Å². The lowest BCUT2D eigenvalue weighted by atomic mass is 10.2. The summed E-state index contributed by atoms with van der Waals surface area (Å²) in [6, 6.07) is 15.6. The van der Waals surface area contributed by atoms with Gasteiger partial charge in [0.05, 0.1) is 14.2 Å². The van der Waals surface area contributed by atoms with Gasteiger partial charge in [-0.15, -0.1) is 0 Å². The normalized spacial score (nSPS) is 10.3. The summed E-state index contributed by atoms with van der Waals surface area (Å²) in [4.78, 5) is 23.7. The Kier molecular flexibility index (Phi) is 7.16. The molecule has 0 spiro atoms. The molecule has 31 heavy (non-hydrogen) atoms. The van der Waals surface area contributed by atoms with E-state index in [1.54, 1.807) is 49.6 Å². The van der Waals surface area contributed by atoms with Crippen molar-refractivity contribution < 1.29 is 33.0 Å². The number of methoxy groups -OCH3 is 2. The number of carbonyl (C=O) groups is 2. The van der Waals surface area contributed by atoms with Crippen LogP contribution in [0.5, 0.6) is 17.2 Å². The van der Waals surface area contributed by atoms with Crippen LogP contribution < -0.4 is 19.5 Å². The third-order valence-electron chi connectivity index (χ3n) is 4.35. The van der Waals surface area contributed by atoms with Crippen molar-refractivity contribution in [2.24, 2.45) is 0 Å². The molecular weight excluding hydrogens is 402 g/mol. The quantitative estimate of drug-likeness (QED) is 0.518. The minimum absolute atomic E-state index is 0.152. The minimum atomic E-state index is -0.474. The Morgan fingerprint density at radius 2 is 1.74 bits per heavy atom. The van der Waals surface area contributed by atoms with Crippen LogP contribution >= 0.6 is 0 Å². The molecule has 0 atom stereocenters. The topological polar surface area (TPSA) is 96.2 Å². The van der Waals surface area contributed by atoms with Crippen molar-refractivity contribution in [2.45, 2.75) is 13.5 Å². The predicted molar refractivity (Wildman–Crippen MR) is 113 cm³/mol. The number of amides is 1. The van der Waals surface area contributed by atoms with Crippen molar-refractivity contribution in [3.63, 3.8) is 0 Å². The van der Waals surface area contributed by atoms with Crippen LogP contribution in [0, 0.1) is 6.92 Å². The Hall–Kier alpha value is -3.94. The van der Waals surface area contributed by atoms with Crippen LogP contribution in [-0.4, -0.2) is 32.7 Å². The summed E-state index contributed by atoms with van der Waals surface area (Å²) in [6.07, 6.45) is 0. The van der Waals surface area contributed by atoms with Gasteiger partial charge in [-0.3, -0.25) is 4.79 Å². The zero-order valence-corrected chi connectivity index (χ0v) is 17.5. The number of para-hydroxylation sites is 2. The molecule has 1 aromatic heterocycles. The molecule has 0 unspecified atom stereocenters. The maximum Gasteiger partial charge on any atom is 0.343 e. The number of hydrogen-bond donors (Lipinski definition) is 1. The average Bonchev–Trinajstić information content (AvgIpc) is 3.27. The van der Waals surface area contributed by atoms with Crippen LogP contribution in [0.4, 0.5) is 5.69 Å². The van der Waals surface area contributed by atoms with Crippen molar-refractivity contribution in [1.82, 2.24) is 0 Å². The number of benzene rings is 2. The molecule has 162 valence electrons. The van der Waals surface area contributed by atoms with E-state index >= 15 is 0 Å². The zero-order chi connectivity index (χ0) is 22.2. The van der Waals surface area contributed by atoms with Gasteiger partial charge in [0.1, 0.15) is 18.1 Å². The van der Waals surface area contributed by atoms with Gasteiger partial charge < -0.3 is 28.7 Å². The van der Waals surface area contributed by atoms with Crippen molar-refractivity contribution in [1.29, 1.82) is 0 Å². The van der Waals surface area contributed by atoms with E-state index in [4.69, 9.17) is 18.6 Å². The predicted octanol–water partition coefficient (Wildman–Crippen LogP) is 3.98. The second-order valence-electron chi connectivity index (χ2n) is 6.50. The Balaban J connectivity index is 1.59. The average molecular weight is 425 g/mol. The molecule has 8 heteroatoms. The summed E-state index contributed by atoms with van der Waals surface area (Å²) < 4.78 is 26.4. The Morgan fingerprint density at radius 1 is 0.968 bits per heavy atom. The summed E-state index contributed by atoms with van der Waals surface area (Å²) in [7, 11) is 2.86. The SMILES string of the molecule is COC(=O)COc1ccc(NC(=O)c2ccc(COc3ccccc3OC)o2)c(C)c1. The molecular formula is C23H23NO7. The molecule has 0 fully saturated rings. The molecule has 2 aromatic carbocycles. The molecule has 3 rings (SSSR count). The maximum absolute atomic E-state index is 12.5. The number of ether oxygens (including phenoxy) is 4. The fourth-order valence-electron chi connectivity index (χ4n) is 2.72. The first-order valence-electron chi connectivity index (χ1n) is 9.46. The number of carbonyl (C=O) groups excluding carboxylic acids is 2. The number of hydrogen-bond acceptors (Lipinski definition) is 7. The van der Waals surface area contributed by atoms with E-state index in [1.807, 2.05) is 19.1 Å². The van der Waals surface area contributed by atoms with E-state index in [-0.39, 0.29) is 19.0 Å². The number of esters is 1. The summed E-state index contributed by atoms with van der Waals surface area (Å²) in [6.45, 7) is 1.78. The molecule has 0 saturated carbocycles. The third kappa shape index (κ3) is 5.79. The fraction of sp³-hybridized carbons (Fsp3) is 0.217. The van der Waals surface area contributed by atoms with E-state index in [2.05, 4.69) is 10.1 Å². The molecule has 0 aliphatic carbocycles. The largest absolute Gasteiger partial charge is 0.493 e. The molecule has 0 bridgehead atoms. The minimum Gasteiger partial charge on any atom is -0.493 e. The van der Waals surface area contributed by atoms with Crippen LogP contribution in [0.1, 0.15) is 21.9 Å². The highest BCUT2D eigenvalue weighted by atomic mass is 16.6. The number of nitrogens with one attached hydrogen (secondary N) is 1. The van der Waals surface area contributed by atoms with Gasteiger partial charge in [-0.1, -0.05) is 12.1 Å².